The Morgan fingerprint density at radius 2 is 2.10 bits per heavy atom. The first-order chi connectivity index (χ1) is 9.81. The molecule has 0 aromatic rings. The van der Waals surface area contributed by atoms with E-state index in [1.54, 1.807) is 0 Å². The van der Waals surface area contributed by atoms with Crippen LogP contribution in [0.3, 0.4) is 0 Å². The van der Waals surface area contributed by atoms with Crippen LogP contribution in [-0.4, -0.2) is 61.6 Å². The first kappa shape index (κ1) is 16.0. The van der Waals surface area contributed by atoms with E-state index in [-0.39, 0.29) is 0 Å². The molecule has 0 amide bonds. The van der Waals surface area contributed by atoms with E-state index in [0.717, 1.165) is 30.2 Å². The fraction of sp³-hybridized carbons (Fsp3) is 0.933. The first-order valence-corrected chi connectivity index (χ1v) is 9.15. The molecule has 2 heterocycles. The number of nitrogens with zero attached hydrogens (tertiary/aromatic N) is 2. The molecule has 2 fully saturated rings. The van der Waals surface area contributed by atoms with Gasteiger partial charge in [-0.15, -0.1) is 0 Å². The first-order valence-electron chi connectivity index (χ1n) is 8.10. The summed E-state index contributed by atoms with van der Waals surface area (Å²) in [5.74, 6) is 3.07. The molecule has 0 aromatic heterocycles. The van der Waals surface area contributed by atoms with E-state index in [9.17, 15) is 0 Å². The quantitative estimate of drug-likeness (QED) is 0.599. The highest BCUT2D eigenvalue weighted by Crippen LogP contribution is 2.25. The van der Waals surface area contributed by atoms with Gasteiger partial charge in [-0.25, -0.2) is 0 Å². The normalized spacial score (nSPS) is 28.6. The number of likely N-dealkylation sites (tertiary alicyclic amines) is 1. The number of thioether (sulfide) groups is 1. The number of hydrogen-bond acceptors (Lipinski definition) is 3. The van der Waals surface area contributed by atoms with Crippen LogP contribution in [0.25, 0.3) is 0 Å². The molecule has 0 aromatic carbocycles. The van der Waals surface area contributed by atoms with E-state index in [0.29, 0.717) is 0 Å². The summed E-state index contributed by atoms with van der Waals surface area (Å²) in [4.78, 5) is 6.90. The SMILES string of the molecule is CCN1CCCC(CNC(=NC)NCC2CCCS2)C1. The highest BCUT2D eigenvalue weighted by molar-refractivity contribution is 8.00. The summed E-state index contributed by atoms with van der Waals surface area (Å²) >= 11 is 2.09. The van der Waals surface area contributed by atoms with Gasteiger partial charge in [0.2, 0.25) is 0 Å². The van der Waals surface area contributed by atoms with Gasteiger partial charge < -0.3 is 15.5 Å². The van der Waals surface area contributed by atoms with Gasteiger partial charge in [0.05, 0.1) is 0 Å². The number of piperidine rings is 1. The molecule has 2 aliphatic rings. The fourth-order valence-corrected chi connectivity index (χ4v) is 4.28. The van der Waals surface area contributed by atoms with Gasteiger partial charge in [-0.2, -0.15) is 11.8 Å². The Labute approximate surface area is 128 Å². The highest BCUT2D eigenvalue weighted by Gasteiger charge is 2.19. The zero-order valence-electron chi connectivity index (χ0n) is 13.0. The number of hydrogen-bond donors (Lipinski definition) is 2. The lowest BCUT2D eigenvalue weighted by atomic mass is 9.98. The zero-order chi connectivity index (χ0) is 14.2. The number of nitrogens with one attached hydrogen (secondary N) is 2. The van der Waals surface area contributed by atoms with E-state index in [1.807, 2.05) is 7.05 Å². The van der Waals surface area contributed by atoms with Crippen LogP contribution in [0, 0.1) is 5.92 Å². The van der Waals surface area contributed by atoms with E-state index in [1.165, 1.54) is 51.1 Å². The van der Waals surface area contributed by atoms with Crippen molar-refractivity contribution in [2.75, 3.05) is 45.5 Å². The van der Waals surface area contributed by atoms with Crippen molar-refractivity contribution in [1.82, 2.24) is 15.5 Å². The van der Waals surface area contributed by atoms with Crippen molar-refractivity contribution in [3.8, 4) is 0 Å². The molecular weight excluding hydrogens is 268 g/mol. The van der Waals surface area contributed by atoms with Gasteiger partial charge in [-0.3, -0.25) is 4.99 Å². The van der Waals surface area contributed by atoms with Crippen LogP contribution in [0.4, 0.5) is 0 Å². The van der Waals surface area contributed by atoms with Crippen molar-refractivity contribution in [3.05, 3.63) is 0 Å². The van der Waals surface area contributed by atoms with Gasteiger partial charge in [0.25, 0.3) is 0 Å². The van der Waals surface area contributed by atoms with Crippen molar-refractivity contribution < 1.29 is 0 Å². The topological polar surface area (TPSA) is 39.7 Å². The van der Waals surface area contributed by atoms with Gasteiger partial charge in [-0.1, -0.05) is 6.92 Å². The summed E-state index contributed by atoms with van der Waals surface area (Å²) in [5.41, 5.74) is 0. The Kier molecular flexibility index (Phi) is 7.00. The van der Waals surface area contributed by atoms with Gasteiger partial charge in [0.15, 0.2) is 5.96 Å². The largest absolute Gasteiger partial charge is 0.356 e. The van der Waals surface area contributed by atoms with Gasteiger partial charge >= 0.3 is 0 Å². The lowest BCUT2D eigenvalue weighted by Crippen LogP contribution is -2.45. The molecule has 2 unspecified atom stereocenters. The summed E-state index contributed by atoms with van der Waals surface area (Å²) < 4.78 is 0. The van der Waals surface area contributed by atoms with Crippen LogP contribution in [0.5, 0.6) is 0 Å². The Morgan fingerprint density at radius 3 is 2.80 bits per heavy atom. The average Bonchev–Trinajstić information content (AvgIpc) is 3.01. The molecular formula is C15H30N4S. The molecule has 2 atom stereocenters. The lowest BCUT2D eigenvalue weighted by molar-refractivity contribution is 0.183. The summed E-state index contributed by atoms with van der Waals surface area (Å²) in [6.45, 7) is 8.06. The summed E-state index contributed by atoms with van der Waals surface area (Å²) in [6, 6.07) is 0. The third-order valence-corrected chi connectivity index (χ3v) is 5.75. The predicted molar refractivity (Wildman–Crippen MR) is 89.7 cm³/mol. The monoisotopic (exact) mass is 298 g/mol. The average molecular weight is 298 g/mol. The van der Waals surface area contributed by atoms with Crippen LogP contribution in [0.1, 0.15) is 32.6 Å². The van der Waals surface area contributed by atoms with E-state index >= 15 is 0 Å². The van der Waals surface area contributed by atoms with Crippen LogP contribution in [-0.2, 0) is 0 Å². The van der Waals surface area contributed by atoms with Crippen molar-refractivity contribution in [3.63, 3.8) is 0 Å². The molecule has 2 aliphatic heterocycles. The maximum absolute atomic E-state index is 4.34. The Hall–Kier alpha value is -0.420. The minimum absolute atomic E-state index is 0.767. The molecule has 0 bridgehead atoms. The smallest absolute Gasteiger partial charge is 0.191 e. The van der Waals surface area contributed by atoms with Crippen LogP contribution >= 0.6 is 11.8 Å². The molecule has 116 valence electrons. The summed E-state index contributed by atoms with van der Waals surface area (Å²) in [5, 5.41) is 7.77. The molecule has 20 heavy (non-hydrogen) atoms. The van der Waals surface area contributed by atoms with E-state index in [4.69, 9.17) is 0 Å². The Balaban J connectivity index is 1.65. The molecule has 5 heteroatoms. The molecule has 0 aliphatic carbocycles. The van der Waals surface area contributed by atoms with Crippen molar-refractivity contribution in [1.29, 1.82) is 0 Å². The maximum Gasteiger partial charge on any atom is 0.191 e. The summed E-state index contributed by atoms with van der Waals surface area (Å²) in [7, 11) is 1.87. The second-order valence-electron chi connectivity index (χ2n) is 5.87. The molecule has 0 saturated carbocycles. The van der Waals surface area contributed by atoms with Crippen LogP contribution in [0.2, 0.25) is 0 Å². The highest BCUT2D eigenvalue weighted by atomic mass is 32.2. The second kappa shape index (κ2) is 8.78. The fourth-order valence-electron chi connectivity index (χ4n) is 3.08. The molecule has 0 spiro atoms. The second-order valence-corrected chi connectivity index (χ2v) is 7.28. The number of aliphatic imine (C=N–C) groups is 1. The van der Waals surface area contributed by atoms with Crippen molar-refractivity contribution in [2.45, 2.75) is 37.9 Å². The molecule has 2 N–H and O–H groups in total. The summed E-state index contributed by atoms with van der Waals surface area (Å²) in [6.07, 6.45) is 5.41. The maximum atomic E-state index is 4.34. The Bertz CT molecular complexity index is 302. The van der Waals surface area contributed by atoms with Gasteiger partial charge in [-0.05, 0) is 50.4 Å². The third-order valence-electron chi connectivity index (χ3n) is 4.35. The van der Waals surface area contributed by atoms with Crippen LogP contribution < -0.4 is 10.6 Å². The standard InChI is InChI=1S/C15H30N4S/c1-3-19-8-4-6-13(12-19)10-17-15(16-2)18-11-14-7-5-9-20-14/h13-14H,3-12H2,1-2H3,(H2,16,17,18). The molecule has 4 nitrogen and oxygen atoms in total. The van der Waals surface area contributed by atoms with Crippen molar-refractivity contribution in [2.24, 2.45) is 10.9 Å². The number of rotatable bonds is 5. The van der Waals surface area contributed by atoms with Gasteiger partial charge in [0, 0.05) is 31.9 Å². The zero-order valence-corrected chi connectivity index (χ0v) is 13.8. The van der Waals surface area contributed by atoms with Gasteiger partial charge in [0.1, 0.15) is 0 Å². The third kappa shape index (κ3) is 5.17. The minimum atomic E-state index is 0.767. The minimum Gasteiger partial charge on any atom is -0.356 e. The van der Waals surface area contributed by atoms with E-state index in [2.05, 4.69) is 39.2 Å². The number of guanidine groups is 1. The molecule has 0 radical (unpaired) electrons. The van der Waals surface area contributed by atoms with Crippen molar-refractivity contribution >= 4 is 17.7 Å². The Morgan fingerprint density at radius 1 is 1.25 bits per heavy atom. The van der Waals surface area contributed by atoms with E-state index < -0.39 is 0 Å². The molecule has 2 saturated heterocycles. The molecule has 2 rings (SSSR count). The predicted octanol–water partition coefficient (Wildman–Crippen LogP) is 1.78. The lowest BCUT2D eigenvalue weighted by Gasteiger charge is -2.32. The van der Waals surface area contributed by atoms with Crippen LogP contribution in [0.15, 0.2) is 4.99 Å².